The number of carbonyl (C=O) groups excluding carboxylic acids is 1. The van der Waals surface area contributed by atoms with Crippen LogP contribution in [-0.4, -0.2) is 34.6 Å². The first-order valence-electron chi connectivity index (χ1n) is 10.6. The van der Waals surface area contributed by atoms with Gasteiger partial charge < -0.3 is 10.6 Å². The van der Waals surface area contributed by atoms with Gasteiger partial charge in [-0.15, -0.1) is 0 Å². The lowest BCUT2D eigenvalue weighted by atomic mass is 10.1. The predicted octanol–water partition coefficient (Wildman–Crippen LogP) is 5.74. The topological polar surface area (TPSA) is 71.3 Å². The van der Waals surface area contributed by atoms with E-state index in [9.17, 15) is 4.79 Å². The Hall–Kier alpha value is -3.16. The summed E-state index contributed by atoms with van der Waals surface area (Å²) < 4.78 is 2.68. The number of hydrogen-bond donors (Lipinski definition) is 2. The fraction of sp³-hybridized carbons (Fsp3) is 0.160. The van der Waals surface area contributed by atoms with Crippen molar-refractivity contribution < 1.29 is 4.79 Å². The maximum absolute atomic E-state index is 13.2. The molecule has 0 aliphatic carbocycles. The van der Waals surface area contributed by atoms with Crippen LogP contribution in [0.5, 0.6) is 0 Å². The zero-order valence-corrected chi connectivity index (χ0v) is 20.2. The number of hydrogen-bond acceptors (Lipinski definition) is 4. The number of nitrogens with zero attached hydrogens (tertiary/aromatic N) is 3. The smallest absolute Gasteiger partial charge is 0.274 e. The van der Waals surface area contributed by atoms with Crippen LogP contribution in [0.15, 0.2) is 70.1 Å². The van der Waals surface area contributed by atoms with E-state index in [1.165, 1.54) is 0 Å². The van der Waals surface area contributed by atoms with Crippen LogP contribution < -0.4 is 10.6 Å². The van der Waals surface area contributed by atoms with E-state index in [2.05, 4.69) is 42.7 Å². The van der Waals surface area contributed by atoms with Gasteiger partial charge in [-0.2, -0.15) is 5.10 Å². The summed E-state index contributed by atoms with van der Waals surface area (Å²) in [5.41, 5.74) is 3.43. The highest BCUT2D eigenvalue weighted by atomic mass is 79.9. The number of anilines is 1. The number of amidine groups is 1. The molecular formula is C25H21BrClN5O. The van der Waals surface area contributed by atoms with Gasteiger partial charge in [-0.25, -0.2) is 4.68 Å². The number of carbonyl (C=O) groups is 1. The lowest BCUT2D eigenvalue weighted by Gasteiger charge is -2.16. The molecule has 1 aliphatic heterocycles. The highest BCUT2D eigenvalue weighted by Gasteiger charge is 2.18. The molecule has 2 heterocycles. The summed E-state index contributed by atoms with van der Waals surface area (Å²) in [5, 5.41) is 13.4. The normalized spacial score (nSPS) is 13.5. The molecule has 4 aromatic rings. The van der Waals surface area contributed by atoms with Crippen LogP contribution in [-0.2, 0) is 0 Å². The monoisotopic (exact) mass is 521 g/mol. The molecule has 0 radical (unpaired) electrons. The van der Waals surface area contributed by atoms with Crippen molar-refractivity contribution in [1.82, 2.24) is 15.1 Å². The number of rotatable bonds is 4. The van der Waals surface area contributed by atoms with Crippen molar-refractivity contribution in [3.8, 4) is 5.69 Å². The zero-order chi connectivity index (χ0) is 22.9. The van der Waals surface area contributed by atoms with E-state index >= 15 is 0 Å². The van der Waals surface area contributed by atoms with Gasteiger partial charge in [-0.1, -0.05) is 39.7 Å². The minimum atomic E-state index is -0.283. The Bertz CT molecular complexity index is 1410. The number of amides is 1. The number of nitrogens with one attached hydrogen (secondary N) is 2. The second kappa shape index (κ2) is 9.00. The van der Waals surface area contributed by atoms with Crippen LogP contribution in [0.2, 0.25) is 5.02 Å². The first-order valence-corrected chi connectivity index (χ1v) is 11.8. The zero-order valence-electron chi connectivity index (χ0n) is 17.9. The lowest BCUT2D eigenvalue weighted by molar-refractivity contribution is 0.101. The number of aromatic nitrogens is 2. The van der Waals surface area contributed by atoms with Crippen LogP contribution in [0.3, 0.4) is 0 Å². The van der Waals surface area contributed by atoms with Crippen LogP contribution in [0, 0.1) is 6.92 Å². The molecule has 1 amide bonds. The molecule has 1 aliphatic rings. The van der Waals surface area contributed by atoms with Crippen LogP contribution in [0.4, 0.5) is 5.69 Å². The van der Waals surface area contributed by atoms with Crippen molar-refractivity contribution in [2.45, 2.75) is 13.3 Å². The Morgan fingerprint density at radius 1 is 1.09 bits per heavy atom. The summed E-state index contributed by atoms with van der Waals surface area (Å²) in [5.74, 6) is 0.548. The van der Waals surface area contributed by atoms with E-state index < -0.39 is 0 Å². The van der Waals surface area contributed by atoms with Crippen molar-refractivity contribution in [2.24, 2.45) is 4.99 Å². The SMILES string of the molecule is Cc1cc(C(=O)Nc2ccc(C3=NCCCN3)cc2Cl)n(-c2ccc3cc(Br)ccc3c2)n1. The number of fused-ring (bicyclic) bond motifs is 1. The molecule has 8 heteroatoms. The van der Waals surface area contributed by atoms with Crippen LogP contribution >= 0.6 is 27.5 Å². The Morgan fingerprint density at radius 2 is 1.91 bits per heavy atom. The minimum Gasteiger partial charge on any atom is -0.370 e. The van der Waals surface area contributed by atoms with Crippen LogP contribution in [0.1, 0.15) is 28.2 Å². The molecule has 0 saturated heterocycles. The molecule has 0 unspecified atom stereocenters. The molecule has 1 aromatic heterocycles. The lowest BCUT2D eigenvalue weighted by Crippen LogP contribution is -2.30. The molecule has 0 atom stereocenters. The van der Waals surface area contributed by atoms with E-state index in [1.807, 2.05) is 49.4 Å². The molecule has 5 rings (SSSR count). The Labute approximate surface area is 204 Å². The summed E-state index contributed by atoms with van der Waals surface area (Å²) in [6.07, 6.45) is 1.02. The predicted molar refractivity (Wildman–Crippen MR) is 137 cm³/mol. The highest BCUT2D eigenvalue weighted by Crippen LogP contribution is 2.26. The van der Waals surface area contributed by atoms with E-state index in [1.54, 1.807) is 16.8 Å². The molecule has 33 heavy (non-hydrogen) atoms. The first-order chi connectivity index (χ1) is 16.0. The molecule has 6 nitrogen and oxygen atoms in total. The fourth-order valence-electron chi connectivity index (χ4n) is 3.87. The quantitative estimate of drug-likeness (QED) is 0.359. The maximum atomic E-state index is 13.2. The molecule has 166 valence electrons. The molecule has 3 aromatic carbocycles. The van der Waals surface area contributed by atoms with Gasteiger partial charge in [0.25, 0.3) is 5.91 Å². The van der Waals surface area contributed by atoms with Crippen LogP contribution in [0.25, 0.3) is 16.5 Å². The van der Waals surface area contributed by atoms with E-state index in [-0.39, 0.29) is 5.91 Å². The Morgan fingerprint density at radius 3 is 2.70 bits per heavy atom. The highest BCUT2D eigenvalue weighted by molar-refractivity contribution is 9.10. The number of aliphatic imine (C=N–C) groups is 1. The largest absolute Gasteiger partial charge is 0.370 e. The van der Waals surface area contributed by atoms with Gasteiger partial charge in [0.15, 0.2) is 0 Å². The van der Waals surface area contributed by atoms with E-state index in [0.717, 1.165) is 57.5 Å². The maximum Gasteiger partial charge on any atom is 0.274 e. The second-order valence-corrected chi connectivity index (χ2v) is 9.24. The second-order valence-electron chi connectivity index (χ2n) is 7.92. The number of aryl methyl sites for hydroxylation is 1. The minimum absolute atomic E-state index is 0.283. The van der Waals surface area contributed by atoms with Crippen molar-refractivity contribution >= 4 is 55.7 Å². The third kappa shape index (κ3) is 4.51. The molecule has 0 spiro atoms. The average Bonchev–Trinajstić information content (AvgIpc) is 3.22. The summed E-state index contributed by atoms with van der Waals surface area (Å²) in [7, 11) is 0. The third-order valence-corrected chi connectivity index (χ3v) is 6.29. The third-order valence-electron chi connectivity index (χ3n) is 5.48. The van der Waals surface area contributed by atoms with Gasteiger partial charge in [0.1, 0.15) is 11.5 Å². The number of halogens is 2. The van der Waals surface area contributed by atoms with E-state index in [4.69, 9.17) is 11.6 Å². The first kappa shape index (κ1) is 21.7. The summed E-state index contributed by atoms with van der Waals surface area (Å²) >= 11 is 10.00. The van der Waals surface area contributed by atoms with Crippen molar-refractivity contribution in [3.05, 3.63) is 87.1 Å². The van der Waals surface area contributed by atoms with Gasteiger partial charge in [0, 0.05) is 23.1 Å². The molecule has 0 fully saturated rings. The van der Waals surface area contributed by atoms with Gasteiger partial charge in [-0.05, 0) is 72.6 Å². The van der Waals surface area contributed by atoms with Gasteiger partial charge in [-0.3, -0.25) is 9.79 Å². The Balaban J connectivity index is 1.43. The van der Waals surface area contributed by atoms with Crippen molar-refractivity contribution in [1.29, 1.82) is 0 Å². The van der Waals surface area contributed by atoms with Gasteiger partial charge in [0.05, 0.1) is 22.1 Å². The Kier molecular flexibility index (Phi) is 5.91. The molecular weight excluding hydrogens is 502 g/mol. The molecule has 0 saturated carbocycles. The van der Waals surface area contributed by atoms with Crippen molar-refractivity contribution in [2.75, 3.05) is 18.4 Å². The average molecular weight is 523 g/mol. The molecule has 0 bridgehead atoms. The van der Waals surface area contributed by atoms with Gasteiger partial charge in [0.2, 0.25) is 0 Å². The molecule has 2 N–H and O–H groups in total. The fourth-order valence-corrected chi connectivity index (χ4v) is 4.48. The van der Waals surface area contributed by atoms with Gasteiger partial charge >= 0.3 is 0 Å². The summed E-state index contributed by atoms with van der Waals surface area (Å²) in [6, 6.07) is 19.4. The van der Waals surface area contributed by atoms with E-state index in [0.29, 0.717) is 16.4 Å². The summed E-state index contributed by atoms with van der Waals surface area (Å²) in [4.78, 5) is 17.7. The standard InChI is InChI=1S/C25H21BrClN5O/c1-15-11-23(32(31-15)20-7-4-16-12-19(26)6-3-17(16)13-20)25(33)30-22-8-5-18(14-21(22)27)24-28-9-2-10-29-24/h3-8,11-14H,2,9-10H2,1H3,(H,28,29)(H,30,33). The van der Waals surface area contributed by atoms with Crippen molar-refractivity contribution in [3.63, 3.8) is 0 Å². The summed E-state index contributed by atoms with van der Waals surface area (Å²) in [6.45, 7) is 3.56. The number of benzene rings is 3.